The zero-order valence-electron chi connectivity index (χ0n) is 27.7. The molecule has 0 saturated heterocycles. The third-order valence-corrected chi connectivity index (χ3v) is 8.87. The molecule has 222 valence electrons. The first-order valence-electron chi connectivity index (χ1n) is 14.8. The van der Waals surface area contributed by atoms with E-state index in [9.17, 15) is 0 Å². The first kappa shape index (κ1) is 31.4. The highest BCUT2D eigenvalue weighted by Crippen LogP contribution is 2.45. The number of benzene rings is 2. The minimum absolute atomic E-state index is 0.0383. The zero-order valence-corrected chi connectivity index (χ0v) is 28.6. The lowest BCUT2D eigenvalue weighted by Crippen LogP contribution is -2.17. The summed E-state index contributed by atoms with van der Waals surface area (Å²) in [7, 11) is -1.79. The van der Waals surface area contributed by atoms with Crippen LogP contribution in [0.5, 0.6) is 0 Å². The maximum atomic E-state index is 6.87. The first-order valence-corrected chi connectivity index (χ1v) is 15.9. The molecule has 0 saturated carbocycles. The van der Waals surface area contributed by atoms with E-state index in [1.54, 1.807) is 0 Å². The van der Waals surface area contributed by atoms with Gasteiger partial charge < -0.3 is 8.39 Å². The average molecular weight is 576 g/mol. The largest absolute Gasteiger partial charge is 0.399 e. The zero-order chi connectivity index (χ0) is 30.7. The number of nitrogens with zero attached hydrogens (tertiary/aromatic N) is 1. The second-order valence-corrected chi connectivity index (χ2v) is 16.7. The smallest absolute Gasteiger partial charge is 0.388 e. The fourth-order valence-electron chi connectivity index (χ4n) is 5.02. The van der Waals surface area contributed by atoms with Gasteiger partial charge in [0.1, 0.15) is 17.3 Å². The molecule has 4 rings (SSSR count). The van der Waals surface area contributed by atoms with Crippen LogP contribution < -0.4 is 4.52 Å². The van der Waals surface area contributed by atoms with Gasteiger partial charge in [-0.15, -0.1) is 0 Å². The second-order valence-electron chi connectivity index (χ2n) is 15.7. The maximum absolute atomic E-state index is 6.87. The molecule has 2 heterocycles. The Balaban J connectivity index is 2.23. The van der Waals surface area contributed by atoms with Crippen LogP contribution in [0.2, 0.25) is 0 Å². The van der Waals surface area contributed by atoms with Crippen molar-refractivity contribution in [2.75, 3.05) is 0 Å². The van der Waals surface area contributed by atoms with Gasteiger partial charge in [-0.1, -0.05) is 101 Å². The van der Waals surface area contributed by atoms with Crippen molar-refractivity contribution in [2.24, 2.45) is 0 Å². The van der Waals surface area contributed by atoms with E-state index in [0.29, 0.717) is 0 Å². The Morgan fingerprint density at radius 3 is 1.46 bits per heavy atom. The van der Waals surface area contributed by atoms with Crippen LogP contribution in [0.15, 0.2) is 50.9 Å². The van der Waals surface area contributed by atoms with E-state index in [1.807, 2.05) is 32.0 Å². The number of aromatic nitrogens is 1. The summed E-state index contributed by atoms with van der Waals surface area (Å²) < 4.78 is 20.4. The van der Waals surface area contributed by atoms with Gasteiger partial charge >= 0.3 is 8.24 Å². The summed E-state index contributed by atoms with van der Waals surface area (Å²) in [4.78, 5) is 4.72. The molecule has 0 aliphatic carbocycles. The third kappa shape index (κ3) is 6.76. The Hall–Kier alpha value is -2.55. The number of fused-ring (bicyclic) bond motifs is 3. The lowest BCUT2D eigenvalue weighted by atomic mass is 9.77. The minimum Gasteiger partial charge on any atom is -0.399 e. The van der Waals surface area contributed by atoms with E-state index in [4.69, 9.17) is 17.9 Å². The van der Waals surface area contributed by atoms with Crippen molar-refractivity contribution in [1.29, 1.82) is 0 Å². The molecule has 0 aliphatic heterocycles. The van der Waals surface area contributed by atoms with Gasteiger partial charge in [0.25, 0.3) is 0 Å². The topological polar surface area (TPSA) is 48.4 Å². The van der Waals surface area contributed by atoms with Gasteiger partial charge in [-0.2, -0.15) is 0 Å². The predicted molar refractivity (Wildman–Crippen MR) is 175 cm³/mol. The molecule has 0 unspecified atom stereocenters. The summed E-state index contributed by atoms with van der Waals surface area (Å²) in [6.07, 6.45) is -0.301. The summed E-state index contributed by atoms with van der Waals surface area (Å²) in [5.41, 5.74) is 8.01. The Morgan fingerprint density at radius 2 is 1.10 bits per heavy atom. The predicted octanol–water partition coefficient (Wildman–Crippen LogP) is 11.4. The fourth-order valence-corrected chi connectivity index (χ4v) is 6.20. The van der Waals surface area contributed by atoms with Crippen LogP contribution >= 0.6 is 8.24 Å². The molecule has 0 radical (unpaired) electrons. The SMILES string of the molecule is Cc1cccc([C@@H](C)Op2oc3c(C(C)(C)C)cc(C(C)(C)C)cc3c3cc(C(C)(C)C)cc(C(C)(C)C)c3o2)n1. The maximum Gasteiger partial charge on any atom is 0.388 e. The summed E-state index contributed by atoms with van der Waals surface area (Å²) in [6.45, 7) is 31.1. The van der Waals surface area contributed by atoms with E-state index in [0.717, 1.165) is 44.5 Å². The van der Waals surface area contributed by atoms with E-state index >= 15 is 0 Å². The van der Waals surface area contributed by atoms with Crippen LogP contribution in [0, 0.1) is 6.92 Å². The van der Waals surface area contributed by atoms with Crippen LogP contribution in [0.4, 0.5) is 0 Å². The molecule has 41 heavy (non-hydrogen) atoms. The fraction of sp³-hybridized carbons (Fsp3) is 0.528. The van der Waals surface area contributed by atoms with E-state index < -0.39 is 8.24 Å². The normalized spacial score (nSPS) is 14.1. The molecule has 1 atom stereocenters. The van der Waals surface area contributed by atoms with Gasteiger partial charge in [0.05, 0.1) is 5.69 Å². The first-order chi connectivity index (χ1) is 18.7. The molecule has 2 aromatic heterocycles. The average Bonchev–Trinajstić information content (AvgIpc) is 2.96. The summed E-state index contributed by atoms with van der Waals surface area (Å²) in [5, 5.41) is 2.15. The Labute approximate surface area is 248 Å². The number of hydrogen-bond donors (Lipinski definition) is 0. The molecule has 0 N–H and O–H groups in total. The van der Waals surface area contributed by atoms with E-state index in [-0.39, 0.29) is 27.8 Å². The molecule has 4 aromatic rings. The summed E-state index contributed by atoms with van der Waals surface area (Å²) in [6, 6.07) is 15.3. The highest BCUT2D eigenvalue weighted by atomic mass is 31.1. The highest BCUT2D eigenvalue weighted by Gasteiger charge is 2.29. The summed E-state index contributed by atoms with van der Waals surface area (Å²) in [5.74, 6) is 0. The molecular weight excluding hydrogens is 525 g/mol. The van der Waals surface area contributed by atoms with Gasteiger partial charge in [0, 0.05) is 27.6 Å². The van der Waals surface area contributed by atoms with Gasteiger partial charge in [-0.3, -0.25) is 9.51 Å². The Bertz CT molecular complexity index is 1530. The van der Waals surface area contributed by atoms with Crippen molar-refractivity contribution in [2.45, 2.75) is 125 Å². The van der Waals surface area contributed by atoms with Gasteiger partial charge in [-0.05, 0) is 70.9 Å². The summed E-state index contributed by atoms with van der Waals surface area (Å²) >= 11 is 0. The van der Waals surface area contributed by atoms with Crippen molar-refractivity contribution >= 4 is 30.2 Å². The number of hydrogen-bond acceptors (Lipinski definition) is 4. The van der Waals surface area contributed by atoms with E-state index in [2.05, 4.69) is 107 Å². The molecule has 0 fully saturated rings. The van der Waals surface area contributed by atoms with Crippen molar-refractivity contribution < 1.29 is 12.9 Å². The molecule has 4 nitrogen and oxygen atoms in total. The van der Waals surface area contributed by atoms with Crippen molar-refractivity contribution in [3.8, 4) is 0 Å². The van der Waals surface area contributed by atoms with Crippen LogP contribution in [-0.2, 0) is 21.7 Å². The van der Waals surface area contributed by atoms with Gasteiger partial charge in [0.15, 0.2) is 0 Å². The number of pyridine rings is 1. The molecular formula is C36H50NO3P. The number of aryl methyl sites for hydroxylation is 1. The van der Waals surface area contributed by atoms with Gasteiger partial charge in [0.2, 0.25) is 0 Å². The van der Waals surface area contributed by atoms with Crippen LogP contribution in [-0.4, -0.2) is 4.98 Å². The molecule has 2 aromatic carbocycles. The van der Waals surface area contributed by atoms with E-state index in [1.165, 1.54) is 11.1 Å². The standard InChI is InChI=1S/C36H50NO3P/c1-22-16-15-17-30(37-22)23(2)38-41-39-31-26(18-24(33(3,4)5)20-28(31)35(9,10)11)27-19-25(34(6,7)8)21-29(32(27)40-41)36(12,13)14/h15-21,23H,1-14H3/t23-/m1/s1. The van der Waals surface area contributed by atoms with Crippen molar-refractivity contribution in [3.63, 3.8) is 0 Å². The molecule has 0 amide bonds. The van der Waals surface area contributed by atoms with Crippen LogP contribution in [0.25, 0.3) is 21.9 Å². The molecule has 0 bridgehead atoms. The lowest BCUT2D eigenvalue weighted by molar-refractivity contribution is 0.279. The lowest BCUT2D eigenvalue weighted by Gasteiger charge is -2.27. The van der Waals surface area contributed by atoms with Crippen molar-refractivity contribution in [3.05, 3.63) is 76.1 Å². The quantitative estimate of drug-likeness (QED) is 0.244. The third-order valence-electron chi connectivity index (χ3n) is 7.72. The monoisotopic (exact) mass is 575 g/mol. The van der Waals surface area contributed by atoms with Crippen LogP contribution in [0.3, 0.4) is 0 Å². The molecule has 0 aliphatic rings. The van der Waals surface area contributed by atoms with Crippen LogP contribution in [0.1, 0.15) is 130 Å². The Morgan fingerprint density at radius 1 is 0.659 bits per heavy atom. The number of rotatable bonds is 3. The molecule has 5 heteroatoms. The highest BCUT2D eigenvalue weighted by molar-refractivity contribution is 7.31. The Kier molecular flexibility index (Phi) is 8.13. The minimum atomic E-state index is -1.79. The molecule has 0 spiro atoms. The van der Waals surface area contributed by atoms with Crippen molar-refractivity contribution in [1.82, 2.24) is 4.98 Å². The van der Waals surface area contributed by atoms with Gasteiger partial charge in [-0.25, -0.2) is 0 Å². The second kappa shape index (κ2) is 10.6.